The summed E-state index contributed by atoms with van der Waals surface area (Å²) in [6, 6.07) is 8.58. The van der Waals surface area contributed by atoms with Gasteiger partial charge in [0.2, 0.25) is 6.41 Å². The maximum absolute atomic E-state index is 13.5. The van der Waals surface area contributed by atoms with Crippen molar-refractivity contribution in [2.45, 2.75) is 57.9 Å². The van der Waals surface area contributed by atoms with Crippen molar-refractivity contribution in [2.24, 2.45) is 0 Å². The number of fused-ring (bicyclic) bond motifs is 1. The lowest BCUT2D eigenvalue weighted by Gasteiger charge is -2.23. The maximum Gasteiger partial charge on any atom is 0.419 e. The fraction of sp³-hybridized carbons (Fsp3) is 0.387. The van der Waals surface area contributed by atoms with Gasteiger partial charge in [0.15, 0.2) is 0 Å². The Balaban J connectivity index is 0.00000119. The van der Waals surface area contributed by atoms with Gasteiger partial charge in [0.25, 0.3) is 5.91 Å². The van der Waals surface area contributed by atoms with Crippen molar-refractivity contribution in [3.8, 4) is 11.4 Å². The van der Waals surface area contributed by atoms with Crippen LogP contribution in [0, 0.1) is 5.82 Å². The lowest BCUT2D eigenvalue weighted by Crippen LogP contribution is -2.33. The molecule has 0 fully saturated rings. The number of carbonyl (C=O) groups excluding carboxylic acids is 2. The van der Waals surface area contributed by atoms with Gasteiger partial charge in [0.05, 0.1) is 24.1 Å². The molecular weight excluding hydrogens is 566 g/mol. The van der Waals surface area contributed by atoms with Crippen molar-refractivity contribution >= 4 is 12.3 Å². The molecule has 8 nitrogen and oxygen atoms in total. The summed E-state index contributed by atoms with van der Waals surface area (Å²) in [5.41, 5.74) is 1.34. The van der Waals surface area contributed by atoms with Crippen molar-refractivity contribution in [1.82, 2.24) is 25.3 Å². The van der Waals surface area contributed by atoms with E-state index in [4.69, 9.17) is 9.53 Å². The van der Waals surface area contributed by atoms with Gasteiger partial charge < -0.3 is 20.3 Å². The fourth-order valence-electron chi connectivity index (χ4n) is 4.52. The van der Waals surface area contributed by atoms with E-state index in [-0.39, 0.29) is 17.6 Å². The summed E-state index contributed by atoms with van der Waals surface area (Å²) in [7, 11) is 1.56. The number of unbranched alkanes of at least 4 members (excludes halogenated alkanes) is 1. The second-order valence-electron chi connectivity index (χ2n) is 10.1. The summed E-state index contributed by atoms with van der Waals surface area (Å²) in [4.78, 5) is 23.7. The summed E-state index contributed by atoms with van der Waals surface area (Å²) in [6.45, 7) is 8.16. The van der Waals surface area contributed by atoms with E-state index in [1.807, 2.05) is 29.2 Å². The van der Waals surface area contributed by atoms with Crippen molar-refractivity contribution in [1.29, 1.82) is 0 Å². The van der Waals surface area contributed by atoms with Crippen molar-refractivity contribution < 1.29 is 31.9 Å². The number of hydrogen-bond acceptors (Lipinski definition) is 5. The highest BCUT2D eigenvalue weighted by Gasteiger charge is 2.34. The molecule has 2 amide bonds. The van der Waals surface area contributed by atoms with E-state index >= 15 is 0 Å². The number of benzene rings is 2. The average molecular weight is 604 g/mol. The van der Waals surface area contributed by atoms with Crippen LogP contribution in [0.2, 0.25) is 0 Å². The van der Waals surface area contributed by atoms with Gasteiger partial charge >= 0.3 is 6.18 Å². The predicted octanol–water partition coefficient (Wildman–Crippen LogP) is 5.65. The molecule has 0 saturated carbocycles. The Labute approximate surface area is 248 Å². The molecule has 1 unspecified atom stereocenters. The molecule has 1 aromatic heterocycles. The number of rotatable bonds is 14. The van der Waals surface area contributed by atoms with Crippen LogP contribution in [0.1, 0.15) is 59.7 Å². The lowest BCUT2D eigenvalue weighted by molar-refractivity contribution is -0.140. The predicted molar refractivity (Wildman–Crippen MR) is 155 cm³/mol. The second kappa shape index (κ2) is 15.9. The number of allylic oxidation sites excluding steroid dienone is 1. The van der Waals surface area contributed by atoms with Gasteiger partial charge in [-0.2, -0.15) is 18.3 Å². The molecule has 0 saturated heterocycles. The quantitative estimate of drug-likeness (QED) is 0.108. The van der Waals surface area contributed by atoms with Crippen LogP contribution >= 0.6 is 0 Å². The molecule has 1 atom stereocenters. The first kappa shape index (κ1) is 33.3. The Bertz CT molecular complexity index is 1380. The third kappa shape index (κ3) is 9.40. The lowest BCUT2D eigenvalue weighted by atomic mass is 10.1. The standard InChI is InChI=1S/C29H32F4N4O2.C2H5NO/c1-3-4-7-20(2)36-19-22-14-24(9-10-25(22)28(36)38)39-13-6-5-12-34-16-21-17-35-37(18-21)23-8-11-27(30)26(15-23)29(31,32)33;1-3-2-4/h3,8-11,14-15,17-18,20,34H,1,4-7,12-13,16,19H2,2H3;2H,1H3,(H,3,4). The highest BCUT2D eigenvalue weighted by molar-refractivity contribution is 5.98. The van der Waals surface area contributed by atoms with Crippen LogP contribution in [0.4, 0.5) is 17.6 Å². The Morgan fingerprint density at radius 2 is 1.95 bits per heavy atom. The smallest absolute Gasteiger partial charge is 0.419 e. The van der Waals surface area contributed by atoms with E-state index in [9.17, 15) is 22.4 Å². The van der Waals surface area contributed by atoms with E-state index in [1.165, 1.54) is 10.7 Å². The van der Waals surface area contributed by atoms with Gasteiger partial charge in [-0.05, 0) is 81.1 Å². The molecule has 3 aromatic rings. The van der Waals surface area contributed by atoms with E-state index < -0.39 is 17.6 Å². The molecule has 12 heteroatoms. The number of ether oxygens (including phenoxy) is 1. The van der Waals surface area contributed by atoms with Crippen molar-refractivity contribution in [3.05, 3.63) is 89.5 Å². The largest absolute Gasteiger partial charge is 0.494 e. The molecule has 2 heterocycles. The first-order valence-corrected chi connectivity index (χ1v) is 14.0. The van der Waals surface area contributed by atoms with Crippen LogP contribution in [0.3, 0.4) is 0 Å². The number of nitrogens with zero attached hydrogens (tertiary/aromatic N) is 3. The second-order valence-corrected chi connectivity index (χ2v) is 10.1. The molecule has 0 radical (unpaired) electrons. The highest BCUT2D eigenvalue weighted by Crippen LogP contribution is 2.33. The summed E-state index contributed by atoms with van der Waals surface area (Å²) in [5, 5.41) is 9.63. The Morgan fingerprint density at radius 3 is 2.65 bits per heavy atom. The van der Waals surface area contributed by atoms with E-state index in [2.05, 4.69) is 29.2 Å². The third-order valence-electron chi connectivity index (χ3n) is 6.85. The Morgan fingerprint density at radius 1 is 1.19 bits per heavy atom. The number of carbonyl (C=O) groups is 2. The summed E-state index contributed by atoms with van der Waals surface area (Å²) < 4.78 is 59.7. The Kier molecular flexibility index (Phi) is 12.3. The van der Waals surface area contributed by atoms with Crippen LogP contribution < -0.4 is 15.4 Å². The minimum atomic E-state index is -4.77. The van der Waals surface area contributed by atoms with Crippen LogP contribution in [-0.4, -0.2) is 53.2 Å². The highest BCUT2D eigenvalue weighted by atomic mass is 19.4. The number of aromatic nitrogens is 2. The summed E-state index contributed by atoms with van der Waals surface area (Å²) >= 11 is 0. The monoisotopic (exact) mass is 603 g/mol. The minimum Gasteiger partial charge on any atom is -0.494 e. The van der Waals surface area contributed by atoms with E-state index in [1.54, 1.807) is 19.4 Å². The molecule has 0 bridgehead atoms. The molecule has 0 aliphatic carbocycles. The van der Waals surface area contributed by atoms with Crippen LogP contribution in [0.15, 0.2) is 61.4 Å². The zero-order valence-electron chi connectivity index (χ0n) is 24.3. The molecule has 43 heavy (non-hydrogen) atoms. The van der Waals surface area contributed by atoms with Crippen molar-refractivity contribution in [2.75, 3.05) is 20.2 Å². The van der Waals surface area contributed by atoms with Gasteiger partial charge in [-0.1, -0.05) is 6.08 Å². The number of halogens is 4. The Hall–Kier alpha value is -4.19. The maximum atomic E-state index is 13.5. The molecule has 2 N–H and O–H groups in total. The molecule has 2 aromatic carbocycles. The first-order valence-electron chi connectivity index (χ1n) is 14.0. The van der Waals surface area contributed by atoms with Crippen LogP contribution in [0.5, 0.6) is 5.75 Å². The van der Waals surface area contributed by atoms with Gasteiger partial charge in [-0.25, -0.2) is 9.07 Å². The zero-order chi connectivity index (χ0) is 31.4. The molecule has 1 aliphatic heterocycles. The van der Waals surface area contributed by atoms with E-state index in [0.717, 1.165) is 66.8 Å². The van der Waals surface area contributed by atoms with Gasteiger partial charge in [-0.3, -0.25) is 9.59 Å². The first-order chi connectivity index (χ1) is 20.6. The van der Waals surface area contributed by atoms with Crippen molar-refractivity contribution in [3.63, 3.8) is 0 Å². The third-order valence-corrected chi connectivity index (χ3v) is 6.85. The van der Waals surface area contributed by atoms with Crippen LogP contribution in [0.25, 0.3) is 5.69 Å². The van der Waals surface area contributed by atoms with Gasteiger partial charge in [0.1, 0.15) is 11.6 Å². The molecule has 0 spiro atoms. The normalized spacial score (nSPS) is 13.2. The number of hydrogen-bond donors (Lipinski definition) is 2. The topological polar surface area (TPSA) is 88.5 Å². The fourth-order valence-corrected chi connectivity index (χ4v) is 4.52. The molecular formula is C31H37F4N5O3. The number of nitrogens with one attached hydrogen (secondary N) is 2. The molecule has 4 rings (SSSR count). The summed E-state index contributed by atoms with van der Waals surface area (Å²) in [5.74, 6) is -0.503. The van der Waals surface area contributed by atoms with E-state index in [0.29, 0.717) is 26.1 Å². The molecule has 1 aliphatic rings. The zero-order valence-corrected chi connectivity index (χ0v) is 24.3. The average Bonchev–Trinajstić information content (AvgIpc) is 3.59. The van der Waals surface area contributed by atoms with Crippen LogP contribution in [-0.2, 0) is 24.1 Å². The van der Waals surface area contributed by atoms with Gasteiger partial charge in [0, 0.05) is 43.5 Å². The summed E-state index contributed by atoms with van der Waals surface area (Å²) in [6.07, 6.45) is 4.34. The van der Waals surface area contributed by atoms with Gasteiger partial charge in [-0.15, -0.1) is 6.58 Å². The number of alkyl halides is 3. The SMILES string of the molecule is C=CCCC(C)N1Cc2cc(OCCCCNCc3cnn(-c4ccc(F)c(C(F)(F)F)c4)c3)ccc2C1=O.CNC=O. The minimum absolute atomic E-state index is 0.0634. The molecule has 232 valence electrons. The number of amides is 2.